The minimum absolute atomic E-state index is 0.102. The van der Waals surface area contributed by atoms with Gasteiger partial charge >= 0.3 is 6.03 Å². The molecule has 0 atom stereocenters. The van der Waals surface area contributed by atoms with Gasteiger partial charge in [0.05, 0.1) is 16.9 Å². The number of anilines is 1. The van der Waals surface area contributed by atoms with Crippen molar-refractivity contribution in [2.45, 2.75) is 25.4 Å². The van der Waals surface area contributed by atoms with Crippen molar-refractivity contribution in [2.24, 2.45) is 5.73 Å². The molecule has 11 nitrogen and oxygen atoms in total. The monoisotopic (exact) mass is 556 g/mol. The summed E-state index contributed by atoms with van der Waals surface area (Å²) in [4.78, 5) is 32.1. The number of nitriles is 1. The first-order valence-corrected chi connectivity index (χ1v) is 13.6. The maximum absolute atomic E-state index is 11.8. The van der Waals surface area contributed by atoms with Crippen molar-refractivity contribution in [3.8, 4) is 28.6 Å². The fourth-order valence-electron chi connectivity index (χ4n) is 5.22. The molecular weight excluding hydrogens is 528 g/mol. The number of pyridine rings is 1. The number of rotatable bonds is 6. The zero-order valence-corrected chi connectivity index (χ0v) is 22.7. The summed E-state index contributed by atoms with van der Waals surface area (Å²) in [5.74, 6) is 0.858. The van der Waals surface area contributed by atoms with Crippen molar-refractivity contribution in [3.63, 3.8) is 0 Å². The first-order valence-electron chi connectivity index (χ1n) is 13.6. The van der Waals surface area contributed by atoms with Gasteiger partial charge < -0.3 is 11.1 Å². The van der Waals surface area contributed by atoms with Crippen LogP contribution in [0.15, 0.2) is 79.1 Å². The lowest BCUT2D eigenvalue weighted by atomic mass is 10.0. The Morgan fingerprint density at radius 1 is 0.976 bits per heavy atom. The van der Waals surface area contributed by atoms with Gasteiger partial charge in [0.1, 0.15) is 17.4 Å². The standard InChI is InChI=1S/C31H28N10O/c32-18-26-35-14-10-25(38-26)36-23-11-15-40(16-12-23)19-20-6-8-22(9-7-20)27-28(21-4-2-1-3-5-21)39-29-24(37-27)13-17-41(30(29)33)31(34)42/h1-10,13-14,17,23,33H,11-12,15-16,19H2,(H2,34,42)(H,35,36,38). The largest absolute Gasteiger partial charge is 0.367 e. The van der Waals surface area contributed by atoms with Crippen LogP contribution in [0.2, 0.25) is 0 Å². The summed E-state index contributed by atoms with van der Waals surface area (Å²) in [7, 11) is 0. The highest BCUT2D eigenvalue weighted by atomic mass is 16.2. The third-order valence-corrected chi connectivity index (χ3v) is 7.38. The van der Waals surface area contributed by atoms with E-state index in [0.29, 0.717) is 34.3 Å². The van der Waals surface area contributed by atoms with E-state index in [1.54, 1.807) is 18.3 Å². The molecule has 0 bridgehead atoms. The number of benzene rings is 2. The van der Waals surface area contributed by atoms with Gasteiger partial charge in [-0.2, -0.15) is 5.26 Å². The number of carbonyl (C=O) groups is 1. The predicted octanol–water partition coefficient (Wildman–Crippen LogP) is 3.91. The van der Waals surface area contributed by atoms with Crippen molar-refractivity contribution in [3.05, 3.63) is 96.0 Å². The number of nitrogens with one attached hydrogen (secondary N) is 2. The van der Waals surface area contributed by atoms with E-state index in [9.17, 15) is 4.79 Å². The lowest BCUT2D eigenvalue weighted by Gasteiger charge is -2.32. The highest BCUT2D eigenvalue weighted by Gasteiger charge is 2.20. The van der Waals surface area contributed by atoms with Gasteiger partial charge in [0.25, 0.3) is 0 Å². The molecule has 0 aliphatic carbocycles. The second-order valence-electron chi connectivity index (χ2n) is 10.2. The van der Waals surface area contributed by atoms with Crippen LogP contribution in [0.5, 0.6) is 0 Å². The highest BCUT2D eigenvalue weighted by Crippen LogP contribution is 2.30. The number of piperidine rings is 1. The average molecular weight is 557 g/mol. The highest BCUT2D eigenvalue weighted by molar-refractivity contribution is 5.87. The molecule has 1 aliphatic heterocycles. The second-order valence-corrected chi connectivity index (χ2v) is 10.2. The van der Waals surface area contributed by atoms with Crippen LogP contribution in [0.1, 0.15) is 24.2 Å². The van der Waals surface area contributed by atoms with Crippen molar-refractivity contribution in [1.29, 1.82) is 10.7 Å². The Labute approximate surface area is 241 Å². The summed E-state index contributed by atoms with van der Waals surface area (Å²) >= 11 is 0. The molecule has 1 amide bonds. The first-order chi connectivity index (χ1) is 20.5. The van der Waals surface area contributed by atoms with Crippen molar-refractivity contribution in [1.82, 2.24) is 29.4 Å². The summed E-state index contributed by atoms with van der Waals surface area (Å²) in [6.45, 7) is 2.73. The number of amides is 1. The van der Waals surface area contributed by atoms with E-state index in [-0.39, 0.29) is 11.3 Å². The lowest BCUT2D eigenvalue weighted by molar-refractivity contribution is 0.211. The maximum Gasteiger partial charge on any atom is 0.324 e. The van der Waals surface area contributed by atoms with Crippen LogP contribution in [-0.2, 0) is 6.54 Å². The van der Waals surface area contributed by atoms with Crippen LogP contribution in [-0.4, -0.2) is 54.6 Å². The van der Waals surface area contributed by atoms with Gasteiger partial charge in [0, 0.05) is 49.2 Å². The van der Waals surface area contributed by atoms with E-state index in [1.807, 2.05) is 36.4 Å². The van der Waals surface area contributed by atoms with Crippen molar-refractivity contribution < 1.29 is 4.79 Å². The fourth-order valence-corrected chi connectivity index (χ4v) is 5.22. The summed E-state index contributed by atoms with van der Waals surface area (Å²) in [6.07, 6.45) is 5.01. The Bertz CT molecular complexity index is 1850. The van der Waals surface area contributed by atoms with Gasteiger partial charge in [-0.05, 0) is 30.5 Å². The topological polar surface area (TPSA) is 162 Å². The van der Waals surface area contributed by atoms with E-state index in [4.69, 9.17) is 26.4 Å². The van der Waals surface area contributed by atoms with Crippen LogP contribution >= 0.6 is 0 Å². The van der Waals surface area contributed by atoms with E-state index >= 15 is 0 Å². The van der Waals surface area contributed by atoms with E-state index in [1.165, 1.54) is 11.8 Å². The molecule has 208 valence electrons. The normalized spacial score (nSPS) is 14.0. The summed E-state index contributed by atoms with van der Waals surface area (Å²) < 4.78 is 1.06. The molecule has 0 unspecified atom stereocenters. The third-order valence-electron chi connectivity index (χ3n) is 7.38. The van der Waals surface area contributed by atoms with Gasteiger partial charge in [-0.15, -0.1) is 0 Å². The molecule has 5 aromatic rings. The number of primary amides is 1. The Balaban J connectivity index is 1.20. The van der Waals surface area contributed by atoms with Crippen molar-refractivity contribution >= 4 is 22.9 Å². The average Bonchev–Trinajstić information content (AvgIpc) is 3.02. The molecular formula is C31H28N10O. The quantitative estimate of drug-likeness (QED) is 0.283. The number of aromatic nitrogens is 5. The SMILES string of the molecule is N#Cc1nccc(NC2CCN(Cc3ccc(-c4nc5ccn(C(N)=O)c(=N)c5nc4-c4ccccc4)cc3)CC2)n1. The summed E-state index contributed by atoms with van der Waals surface area (Å²) in [5, 5.41) is 20.9. The Morgan fingerprint density at radius 3 is 2.40 bits per heavy atom. The van der Waals surface area contributed by atoms with Crippen LogP contribution in [0.25, 0.3) is 33.5 Å². The molecule has 42 heavy (non-hydrogen) atoms. The Morgan fingerprint density at radius 2 is 1.69 bits per heavy atom. The predicted molar refractivity (Wildman–Crippen MR) is 158 cm³/mol. The summed E-state index contributed by atoms with van der Waals surface area (Å²) in [5.41, 5.74) is 10.5. The second kappa shape index (κ2) is 11.6. The molecule has 11 heteroatoms. The minimum atomic E-state index is -0.745. The number of carbonyl (C=O) groups excluding carboxylic acids is 1. The minimum Gasteiger partial charge on any atom is -0.367 e. The first kappa shape index (κ1) is 26.7. The number of likely N-dealkylation sites (tertiary alicyclic amines) is 1. The molecule has 4 N–H and O–H groups in total. The number of fused-ring (bicyclic) bond motifs is 1. The fraction of sp³-hybridized carbons (Fsp3) is 0.194. The molecule has 1 aliphatic rings. The molecule has 1 saturated heterocycles. The molecule has 4 heterocycles. The van der Waals surface area contributed by atoms with Crippen LogP contribution < -0.4 is 16.5 Å². The molecule has 0 radical (unpaired) electrons. The van der Waals surface area contributed by atoms with Gasteiger partial charge in [-0.1, -0.05) is 54.6 Å². The van der Waals surface area contributed by atoms with Crippen LogP contribution in [0, 0.1) is 16.7 Å². The maximum atomic E-state index is 11.8. The smallest absolute Gasteiger partial charge is 0.324 e. The molecule has 0 spiro atoms. The molecule has 0 saturated carbocycles. The van der Waals surface area contributed by atoms with Gasteiger partial charge in [-0.25, -0.2) is 24.7 Å². The zero-order valence-electron chi connectivity index (χ0n) is 22.7. The molecule has 2 aromatic carbocycles. The van der Waals surface area contributed by atoms with Gasteiger partial charge in [0.2, 0.25) is 5.82 Å². The Hall–Kier alpha value is -5.47. The van der Waals surface area contributed by atoms with Crippen LogP contribution in [0.4, 0.5) is 10.6 Å². The number of hydrogen-bond acceptors (Lipinski definition) is 9. The van der Waals surface area contributed by atoms with Gasteiger partial charge in [0.15, 0.2) is 5.49 Å². The number of nitrogens with zero attached hydrogens (tertiary/aromatic N) is 7. The van der Waals surface area contributed by atoms with Crippen molar-refractivity contribution in [2.75, 3.05) is 18.4 Å². The third kappa shape index (κ3) is 5.56. The molecule has 6 rings (SSSR count). The van der Waals surface area contributed by atoms with E-state index < -0.39 is 6.03 Å². The zero-order chi connectivity index (χ0) is 29.1. The Kier molecular flexibility index (Phi) is 7.36. The summed E-state index contributed by atoms with van der Waals surface area (Å²) in [6, 6.07) is 23.0. The van der Waals surface area contributed by atoms with E-state index in [2.05, 4.69) is 44.5 Å². The molecule has 3 aromatic heterocycles. The van der Waals surface area contributed by atoms with Gasteiger partial charge in [-0.3, -0.25) is 14.9 Å². The molecule has 1 fully saturated rings. The van der Waals surface area contributed by atoms with Crippen LogP contribution in [0.3, 0.4) is 0 Å². The number of nitrogens with two attached hydrogens (primary N) is 1. The lowest BCUT2D eigenvalue weighted by Crippen LogP contribution is -2.38. The number of hydrogen-bond donors (Lipinski definition) is 3. The van der Waals surface area contributed by atoms with E-state index in [0.717, 1.165) is 48.2 Å².